The molecule has 0 unspecified atom stereocenters. The van der Waals surface area contributed by atoms with Gasteiger partial charge in [-0.05, 0) is 62.6 Å². The fourth-order valence-corrected chi connectivity index (χ4v) is 2.37. The first-order chi connectivity index (χ1) is 10.7. The molecule has 22 heavy (non-hydrogen) atoms. The first-order valence-corrected chi connectivity index (χ1v) is 7.54. The van der Waals surface area contributed by atoms with E-state index in [1.807, 2.05) is 39.0 Å². The van der Waals surface area contributed by atoms with Crippen LogP contribution in [0.2, 0.25) is 0 Å². The van der Waals surface area contributed by atoms with Gasteiger partial charge in [0.2, 0.25) is 0 Å². The van der Waals surface area contributed by atoms with Crippen LogP contribution in [0.5, 0.6) is 5.75 Å². The third-order valence-electron chi connectivity index (χ3n) is 3.25. The van der Waals surface area contributed by atoms with E-state index in [0.29, 0.717) is 19.6 Å². The van der Waals surface area contributed by atoms with Gasteiger partial charge >= 0.3 is 0 Å². The predicted octanol–water partition coefficient (Wildman–Crippen LogP) is 4.95. The van der Waals surface area contributed by atoms with Crippen molar-refractivity contribution in [2.75, 3.05) is 18.7 Å². The van der Waals surface area contributed by atoms with Crippen molar-refractivity contribution in [3.05, 3.63) is 53.4 Å². The lowest BCUT2D eigenvalue weighted by atomic mass is 9.98. The monoisotopic (exact) mass is 303 g/mol. The number of anilines is 1. The molecule has 0 fully saturated rings. The maximum absolute atomic E-state index is 13.4. The number of hydrogen-bond donors (Lipinski definition) is 1. The van der Waals surface area contributed by atoms with E-state index in [1.54, 1.807) is 6.08 Å². The molecule has 0 atom stereocenters. The number of allylic oxidation sites excluding steroid dienone is 6. The van der Waals surface area contributed by atoms with E-state index in [4.69, 9.17) is 9.57 Å². The average molecular weight is 303 g/mol. The zero-order valence-corrected chi connectivity index (χ0v) is 13.3. The highest BCUT2D eigenvalue weighted by atomic mass is 19.1. The van der Waals surface area contributed by atoms with Gasteiger partial charge in [-0.25, -0.2) is 4.39 Å². The molecule has 0 aromatic heterocycles. The number of rotatable bonds is 6. The minimum Gasteiger partial charge on any atom is -0.493 e. The molecule has 1 aliphatic rings. The van der Waals surface area contributed by atoms with Gasteiger partial charge in [-0.2, -0.15) is 0 Å². The molecule has 1 N–H and O–H groups in total. The van der Waals surface area contributed by atoms with Gasteiger partial charge in [-0.1, -0.05) is 12.2 Å². The minimum atomic E-state index is -0.251. The van der Waals surface area contributed by atoms with Gasteiger partial charge in [-0.15, -0.1) is 0 Å². The van der Waals surface area contributed by atoms with E-state index < -0.39 is 0 Å². The van der Waals surface area contributed by atoms with Crippen LogP contribution in [0, 0.1) is 6.92 Å². The summed E-state index contributed by atoms with van der Waals surface area (Å²) in [6, 6.07) is 3.99. The zero-order valence-electron chi connectivity index (χ0n) is 13.3. The summed E-state index contributed by atoms with van der Waals surface area (Å²) in [6.45, 7) is 6.98. The number of nitrogens with one attached hydrogen (secondary N) is 1. The first-order valence-electron chi connectivity index (χ1n) is 7.54. The molecule has 0 aliphatic heterocycles. The van der Waals surface area contributed by atoms with Crippen molar-refractivity contribution in [1.82, 2.24) is 0 Å². The summed E-state index contributed by atoms with van der Waals surface area (Å²) in [5.41, 5.74) is 6.77. The van der Waals surface area contributed by atoms with Crippen LogP contribution in [0.3, 0.4) is 0 Å². The Bertz CT molecular complexity index is 618. The van der Waals surface area contributed by atoms with Crippen LogP contribution < -0.4 is 10.2 Å². The first kappa shape index (κ1) is 16.3. The molecule has 0 spiro atoms. The van der Waals surface area contributed by atoms with Gasteiger partial charge in [0.25, 0.3) is 0 Å². The molecule has 1 aromatic rings. The largest absolute Gasteiger partial charge is 0.493 e. The highest BCUT2D eigenvalue weighted by Gasteiger charge is 2.16. The van der Waals surface area contributed by atoms with Crippen molar-refractivity contribution >= 4 is 11.3 Å². The average Bonchev–Trinajstić information content (AvgIpc) is 2.70. The van der Waals surface area contributed by atoms with Crippen molar-refractivity contribution < 1.29 is 14.0 Å². The molecule has 0 radical (unpaired) electrons. The van der Waals surface area contributed by atoms with Gasteiger partial charge in [0.05, 0.1) is 18.9 Å². The number of halogens is 1. The maximum Gasteiger partial charge on any atom is 0.129 e. The van der Waals surface area contributed by atoms with Crippen LogP contribution in [0.15, 0.2) is 42.3 Å². The lowest BCUT2D eigenvalue weighted by Gasteiger charge is -2.18. The second-order valence-corrected chi connectivity index (χ2v) is 5.00. The summed E-state index contributed by atoms with van der Waals surface area (Å²) in [6.07, 6.45) is 7.19. The molecule has 0 saturated carbocycles. The van der Waals surface area contributed by atoms with Crippen LogP contribution in [-0.2, 0) is 4.84 Å². The molecule has 0 heterocycles. The smallest absolute Gasteiger partial charge is 0.129 e. The van der Waals surface area contributed by atoms with E-state index in [-0.39, 0.29) is 5.83 Å². The summed E-state index contributed by atoms with van der Waals surface area (Å²) < 4.78 is 19.2. The molecule has 0 bridgehead atoms. The maximum atomic E-state index is 13.4. The Balaban J connectivity index is 2.52. The highest BCUT2D eigenvalue weighted by Crippen LogP contribution is 2.37. The zero-order chi connectivity index (χ0) is 15.9. The topological polar surface area (TPSA) is 30.5 Å². The Hall–Kier alpha value is -2.07. The van der Waals surface area contributed by atoms with Crippen LogP contribution in [-0.4, -0.2) is 13.2 Å². The van der Waals surface area contributed by atoms with Crippen LogP contribution in [0.1, 0.15) is 31.4 Å². The van der Waals surface area contributed by atoms with E-state index in [9.17, 15) is 4.39 Å². The summed E-state index contributed by atoms with van der Waals surface area (Å²) in [7, 11) is 0. The molecule has 4 heteroatoms. The summed E-state index contributed by atoms with van der Waals surface area (Å²) in [4.78, 5) is 5.35. The molecule has 1 aliphatic carbocycles. The SMILES string of the molecule is CCONc1cc(C)cc(OCC)c1C1=CC=C(F)C=CC1. The van der Waals surface area contributed by atoms with Gasteiger partial charge < -0.3 is 4.74 Å². The van der Waals surface area contributed by atoms with E-state index in [2.05, 4.69) is 5.48 Å². The molecular weight excluding hydrogens is 281 g/mol. The van der Waals surface area contributed by atoms with Crippen molar-refractivity contribution in [3.8, 4) is 5.75 Å². The molecule has 118 valence electrons. The molecule has 1 aromatic carbocycles. The Morgan fingerprint density at radius 3 is 2.73 bits per heavy atom. The molecule has 0 saturated heterocycles. The summed E-state index contributed by atoms with van der Waals surface area (Å²) in [5.74, 6) is 0.527. The van der Waals surface area contributed by atoms with E-state index in [1.165, 1.54) is 12.2 Å². The Kier molecular flexibility index (Phi) is 5.78. The molecule has 2 rings (SSSR count). The molecule has 0 amide bonds. The third kappa shape index (κ3) is 3.98. The second kappa shape index (κ2) is 7.80. The number of aryl methyl sites for hydroxylation is 1. The highest BCUT2D eigenvalue weighted by molar-refractivity contribution is 5.82. The van der Waals surface area contributed by atoms with Crippen LogP contribution in [0.4, 0.5) is 10.1 Å². The van der Waals surface area contributed by atoms with Crippen LogP contribution >= 0.6 is 0 Å². The number of ether oxygens (including phenoxy) is 1. The van der Waals surface area contributed by atoms with Crippen molar-refractivity contribution in [2.45, 2.75) is 27.2 Å². The van der Waals surface area contributed by atoms with Crippen molar-refractivity contribution in [3.63, 3.8) is 0 Å². The predicted molar refractivity (Wildman–Crippen MR) is 88.5 cm³/mol. The van der Waals surface area contributed by atoms with Crippen molar-refractivity contribution in [1.29, 1.82) is 0 Å². The Morgan fingerprint density at radius 1 is 1.18 bits per heavy atom. The summed E-state index contributed by atoms with van der Waals surface area (Å²) in [5, 5.41) is 0. The lowest BCUT2D eigenvalue weighted by Crippen LogP contribution is -2.06. The standard InChI is InChI=1S/C18H22FNO2/c1-4-21-17-12-13(3)11-16(20-22-5-2)18(17)14-7-6-8-15(19)10-9-14/h6,8-12,20H,4-5,7H2,1-3H3. The quantitative estimate of drug-likeness (QED) is 0.754. The van der Waals surface area contributed by atoms with Gasteiger partial charge in [-0.3, -0.25) is 10.3 Å². The Morgan fingerprint density at radius 2 is 2.00 bits per heavy atom. The fourth-order valence-electron chi connectivity index (χ4n) is 2.37. The molecule has 3 nitrogen and oxygen atoms in total. The third-order valence-corrected chi connectivity index (χ3v) is 3.25. The minimum absolute atomic E-state index is 0.251. The van der Waals surface area contributed by atoms with E-state index in [0.717, 1.165) is 28.1 Å². The number of benzene rings is 1. The van der Waals surface area contributed by atoms with Gasteiger partial charge in [0, 0.05) is 5.56 Å². The van der Waals surface area contributed by atoms with Gasteiger partial charge in [0.1, 0.15) is 11.6 Å². The summed E-state index contributed by atoms with van der Waals surface area (Å²) >= 11 is 0. The number of hydrogen-bond acceptors (Lipinski definition) is 3. The second-order valence-electron chi connectivity index (χ2n) is 5.00. The Labute approximate surface area is 131 Å². The molecular formula is C18H22FNO2. The lowest BCUT2D eigenvalue weighted by molar-refractivity contribution is 0.210. The van der Waals surface area contributed by atoms with Crippen molar-refractivity contribution in [2.24, 2.45) is 0 Å². The van der Waals surface area contributed by atoms with E-state index >= 15 is 0 Å². The van der Waals surface area contributed by atoms with Gasteiger partial charge in [0.15, 0.2) is 0 Å². The normalized spacial score (nSPS) is 14.2. The fraction of sp³-hybridized carbons (Fsp3) is 0.333. The van der Waals surface area contributed by atoms with Crippen LogP contribution in [0.25, 0.3) is 5.57 Å².